The van der Waals surface area contributed by atoms with Gasteiger partial charge in [0.05, 0.1) is 85.1 Å². The minimum absolute atomic E-state index is 0.00321. The fraction of sp³-hybridized carbons (Fsp3) is 0.778. The van der Waals surface area contributed by atoms with E-state index in [9.17, 15) is 54.9 Å². The second-order valence-electron chi connectivity index (χ2n) is 25.9. The smallest absolute Gasteiger partial charge is 0.308 e. The van der Waals surface area contributed by atoms with Gasteiger partial charge in [0.15, 0.2) is 17.4 Å². The van der Waals surface area contributed by atoms with Crippen molar-refractivity contribution in [3.05, 3.63) is 60.2 Å². The molecule has 2 spiro atoms. The van der Waals surface area contributed by atoms with E-state index in [2.05, 4.69) is 19.7 Å². The van der Waals surface area contributed by atoms with Gasteiger partial charge >= 0.3 is 17.9 Å². The van der Waals surface area contributed by atoms with Crippen LogP contribution in [0.5, 0.6) is 0 Å². The number of rotatable bonds is 9. The summed E-state index contributed by atoms with van der Waals surface area (Å²) in [6, 6.07) is 0. The van der Waals surface area contributed by atoms with Crippen molar-refractivity contribution in [3.8, 4) is 0 Å². The van der Waals surface area contributed by atoms with Gasteiger partial charge in [0.25, 0.3) is 0 Å². The Balaban J connectivity index is 1.22. The van der Waals surface area contributed by atoms with Crippen LogP contribution in [0.3, 0.4) is 0 Å². The lowest BCUT2D eigenvalue weighted by molar-refractivity contribution is -0.351. The molecular weight excluding hydrogens is 1130 g/mol. The van der Waals surface area contributed by atoms with E-state index in [-0.39, 0.29) is 81.1 Å². The molecule has 6 saturated heterocycles. The van der Waals surface area contributed by atoms with Crippen molar-refractivity contribution in [3.63, 3.8) is 0 Å². The first-order valence-electron chi connectivity index (χ1n) is 30.3. The van der Waals surface area contributed by atoms with Gasteiger partial charge in [-0.15, -0.1) is 0 Å². The highest BCUT2D eigenvalue weighted by atomic mass is 35.5. The largest absolute Gasteiger partial charge is 0.462 e. The lowest BCUT2D eigenvalue weighted by Gasteiger charge is -2.52. The maximum atomic E-state index is 14.5. The summed E-state index contributed by atoms with van der Waals surface area (Å²) in [5.74, 6) is -10.7. The monoisotopic (exact) mass is 1220 g/mol. The molecule has 10 bridgehead atoms. The predicted molar refractivity (Wildman–Crippen MR) is 308 cm³/mol. The van der Waals surface area contributed by atoms with E-state index in [1.807, 2.05) is 12.2 Å². The zero-order valence-corrected chi connectivity index (χ0v) is 51.5. The zero-order chi connectivity index (χ0) is 62.5. The average Bonchev–Trinajstić information content (AvgIpc) is 1.35. The Morgan fingerprint density at radius 2 is 1.47 bits per heavy atom. The normalized spacial score (nSPS) is 44.1. The number of ketones is 1. The topological polar surface area (TPSA) is 302 Å². The van der Waals surface area contributed by atoms with Crippen LogP contribution in [0.1, 0.15) is 158 Å². The molecule has 0 saturated carbocycles. The third-order valence-electron chi connectivity index (χ3n) is 18.3. The van der Waals surface area contributed by atoms with Crippen LogP contribution >= 0.6 is 11.6 Å². The number of methoxy groups -OCH3 is 1. The molecule has 7 aliphatic heterocycles. The highest BCUT2D eigenvalue weighted by Crippen LogP contribution is 2.48. The van der Waals surface area contributed by atoms with Crippen LogP contribution < -0.4 is 0 Å². The maximum absolute atomic E-state index is 14.5. The maximum Gasteiger partial charge on any atom is 0.308 e. The number of ether oxygens (including phenoxy) is 10. The lowest BCUT2D eigenvalue weighted by Crippen LogP contribution is -2.65. The Morgan fingerprint density at radius 3 is 2.15 bits per heavy atom. The quantitative estimate of drug-likeness (QED) is 0.0611. The molecule has 22 heteroatoms. The van der Waals surface area contributed by atoms with E-state index >= 15 is 0 Å². The number of hydrogen-bond acceptors (Lipinski definition) is 21. The summed E-state index contributed by atoms with van der Waals surface area (Å²) in [6.45, 7) is 23.1. The molecule has 480 valence electrons. The third kappa shape index (κ3) is 18.1. The molecule has 6 fully saturated rings. The standard InChI is InChI=1S/C63H95ClO21/c1-33(19-42(67)18-17-35(3)64)20-53-55(72)57-39(7)58(79-53)59(73)63(75)31-51(70)37(5)52(85-63)16-14-12-13-15-44-22-43(68)27-61(81-44)29-47(76-11)23-45(82-61)25-50(69)38(6)56(78-41(9)66)36(4)34(2)21-49-28-60(10,74)32-62(84-49)30-48(77-40(8)65)24-46(83-62)26-54(71)80-57/h13,15,17-18,36-39,42-49,51-53,55-59,67-68,70,72-75H,1-3,12,14,16,19-32H2,4-11H3/t36-,37-,38-,39-,42-,43+,44+,45+,46-,47+,48+,49+,51+,52-,53-,55-,56?,57-,58-,59+,60?,61-,62-,63-/m1/s1. The molecule has 0 aliphatic carbocycles. The number of Topliss-reactive ketones (excluding diaryl/α,β-unsaturated/α-hetero) is 1. The summed E-state index contributed by atoms with van der Waals surface area (Å²) in [7, 11) is 1.57. The van der Waals surface area contributed by atoms with E-state index in [1.165, 1.54) is 26.0 Å². The number of halogens is 1. The molecular formula is C63H95ClO21. The number of esters is 3. The Hall–Kier alpha value is -3.49. The summed E-state index contributed by atoms with van der Waals surface area (Å²) < 4.78 is 63.4. The third-order valence-corrected chi connectivity index (χ3v) is 18.4. The molecule has 21 nitrogen and oxygen atoms in total. The summed E-state index contributed by atoms with van der Waals surface area (Å²) in [5, 5.41) is 82.6. The van der Waals surface area contributed by atoms with Crippen molar-refractivity contribution in [2.24, 2.45) is 23.7 Å². The number of aliphatic hydroxyl groups excluding tert-OH is 5. The fourth-order valence-corrected chi connectivity index (χ4v) is 14.2. The van der Waals surface area contributed by atoms with Gasteiger partial charge in [-0.25, -0.2) is 0 Å². The molecule has 0 aromatic rings. The van der Waals surface area contributed by atoms with Gasteiger partial charge in [0.2, 0.25) is 0 Å². The zero-order valence-electron chi connectivity index (χ0n) is 50.7. The van der Waals surface area contributed by atoms with Gasteiger partial charge in [-0.05, 0) is 51.5 Å². The summed E-state index contributed by atoms with van der Waals surface area (Å²) in [5.41, 5.74) is -0.508. The highest BCUT2D eigenvalue weighted by Gasteiger charge is 2.58. The van der Waals surface area contributed by atoms with Gasteiger partial charge in [0.1, 0.15) is 36.3 Å². The van der Waals surface area contributed by atoms with Gasteiger partial charge in [-0.1, -0.05) is 88.4 Å². The molecule has 0 amide bonds. The van der Waals surface area contributed by atoms with Gasteiger partial charge < -0.3 is 83.1 Å². The van der Waals surface area contributed by atoms with Crippen LogP contribution in [0, 0.1) is 23.7 Å². The van der Waals surface area contributed by atoms with Crippen LogP contribution in [0.4, 0.5) is 0 Å². The van der Waals surface area contributed by atoms with Gasteiger partial charge in [-0.3, -0.25) is 19.2 Å². The highest BCUT2D eigenvalue weighted by molar-refractivity contribution is 6.30. The van der Waals surface area contributed by atoms with Gasteiger partial charge in [-0.2, -0.15) is 0 Å². The van der Waals surface area contributed by atoms with Crippen LogP contribution in [0.15, 0.2) is 60.2 Å². The first-order valence-corrected chi connectivity index (χ1v) is 30.7. The molecule has 2 unspecified atom stereocenters. The Kier molecular flexibility index (Phi) is 23.5. The molecule has 85 heavy (non-hydrogen) atoms. The van der Waals surface area contributed by atoms with E-state index in [4.69, 9.17) is 59.0 Å². The van der Waals surface area contributed by atoms with E-state index in [0.29, 0.717) is 43.3 Å². The molecule has 0 aromatic carbocycles. The minimum atomic E-state index is -2.40. The van der Waals surface area contributed by atoms with E-state index in [0.717, 1.165) is 0 Å². The molecule has 7 N–H and O–H groups in total. The molecule has 0 radical (unpaired) electrons. The molecule has 0 aromatic heterocycles. The molecule has 7 rings (SSSR count). The number of carbonyl (C=O) groups is 4. The summed E-state index contributed by atoms with van der Waals surface area (Å²) in [6.07, 6.45) is -8.69. The fourth-order valence-electron chi connectivity index (χ4n) is 14.1. The SMILES string of the molecule is C=C(Cl)C=C[C@@H](O)CC(=C)C[C@H]1O[C@@H]2[C@H](C)[C@@H](OC(=O)C[C@H]3C[C@H](OC(C)=O)C[C@@]4(CC(C)(O)C[C@H](CC(=C)[C@@H](C)C(OC(C)=O)[C@H](C)C(=O)C[C@@H]5C[C@H](OC)C[C@@]6(C[C@@H](O)C[C@H](C=CCCC[C@H]7O[C@](O)(C[C@H](O)[C@H]7C)[C@H]2O)O6)O5)O4)O3)[C@@H]1O. The van der Waals surface area contributed by atoms with Crippen LogP contribution in [-0.4, -0.2) is 187 Å². The first-order chi connectivity index (χ1) is 39.8. The van der Waals surface area contributed by atoms with Crippen molar-refractivity contribution >= 4 is 35.3 Å². The van der Waals surface area contributed by atoms with Crippen molar-refractivity contribution in [2.75, 3.05) is 7.11 Å². The average molecular weight is 1220 g/mol. The second kappa shape index (κ2) is 29.0. The summed E-state index contributed by atoms with van der Waals surface area (Å²) >= 11 is 5.89. The lowest BCUT2D eigenvalue weighted by atomic mass is 9.78. The number of allylic oxidation sites excluding steroid dienone is 3. The number of carbonyl (C=O) groups excluding carboxylic acids is 4. The van der Waals surface area contributed by atoms with Crippen molar-refractivity contribution in [2.45, 2.75) is 278 Å². The van der Waals surface area contributed by atoms with Crippen molar-refractivity contribution in [1.82, 2.24) is 0 Å². The van der Waals surface area contributed by atoms with Crippen LogP contribution in [0.2, 0.25) is 0 Å². The van der Waals surface area contributed by atoms with Crippen LogP contribution in [0.25, 0.3) is 0 Å². The van der Waals surface area contributed by atoms with Gasteiger partial charge in [0, 0.05) is 108 Å². The molecule has 7 aliphatic rings. The second-order valence-corrected chi connectivity index (χ2v) is 26.4. The first kappa shape index (κ1) is 69.0. The van der Waals surface area contributed by atoms with E-state index < -0.39 is 169 Å². The molecule has 7 heterocycles. The Morgan fingerprint density at radius 1 is 0.812 bits per heavy atom. The number of aliphatic hydroxyl groups is 7. The Bertz CT molecular complexity index is 2430. The van der Waals surface area contributed by atoms with Crippen molar-refractivity contribution < 1.29 is 102 Å². The van der Waals surface area contributed by atoms with E-state index in [1.54, 1.807) is 41.7 Å². The number of fused-ring (bicyclic) bond motifs is 8. The predicted octanol–water partition coefficient (Wildman–Crippen LogP) is 5.91. The van der Waals surface area contributed by atoms with Crippen molar-refractivity contribution in [1.29, 1.82) is 0 Å². The Labute approximate surface area is 505 Å². The van der Waals surface area contributed by atoms with Crippen LogP contribution in [-0.2, 0) is 66.5 Å². The molecule has 24 atom stereocenters. The summed E-state index contributed by atoms with van der Waals surface area (Å²) in [4.78, 5) is 54.3. The minimum Gasteiger partial charge on any atom is -0.462 e. The number of hydrogen-bond donors (Lipinski definition) is 7.